The van der Waals surface area contributed by atoms with Gasteiger partial charge < -0.3 is 15.1 Å². The molecule has 4 rings (SSSR count). The van der Waals surface area contributed by atoms with Crippen molar-refractivity contribution in [2.24, 2.45) is 0 Å². The fourth-order valence-corrected chi connectivity index (χ4v) is 3.29. The summed E-state index contributed by atoms with van der Waals surface area (Å²) in [5.41, 5.74) is 1.50. The lowest BCUT2D eigenvalue weighted by Crippen LogP contribution is -2.47. The molecule has 0 amide bonds. The molecule has 1 aliphatic heterocycles. The summed E-state index contributed by atoms with van der Waals surface area (Å²) >= 11 is 0. The van der Waals surface area contributed by atoms with Crippen molar-refractivity contribution in [1.82, 2.24) is 15.0 Å². The number of hydrogen-bond donors (Lipinski definition) is 1. The predicted octanol–water partition coefficient (Wildman–Crippen LogP) is 3.26. The minimum atomic E-state index is -0.216. The molecule has 3 aromatic rings. The van der Waals surface area contributed by atoms with Crippen molar-refractivity contribution in [1.29, 1.82) is 0 Å². The number of aromatic nitrogens is 3. The van der Waals surface area contributed by atoms with E-state index in [0.717, 1.165) is 37.7 Å². The summed E-state index contributed by atoms with van der Waals surface area (Å²) in [5.74, 6) is 2.20. The van der Waals surface area contributed by atoms with Gasteiger partial charge in [-0.15, -0.1) is 0 Å². The van der Waals surface area contributed by atoms with Gasteiger partial charge in [0.05, 0.1) is 0 Å². The van der Waals surface area contributed by atoms with Crippen LogP contribution in [0.4, 0.5) is 22.0 Å². The summed E-state index contributed by atoms with van der Waals surface area (Å²) < 4.78 is 13.8. The van der Waals surface area contributed by atoms with Crippen molar-refractivity contribution < 1.29 is 4.39 Å². The zero-order valence-corrected chi connectivity index (χ0v) is 15.8. The van der Waals surface area contributed by atoms with Gasteiger partial charge in [0.15, 0.2) is 0 Å². The Labute approximate surface area is 164 Å². The van der Waals surface area contributed by atoms with Crippen molar-refractivity contribution in [3.8, 4) is 0 Å². The normalized spacial score (nSPS) is 14.2. The topological polar surface area (TPSA) is 57.2 Å². The molecule has 2 aromatic heterocycles. The quantitative estimate of drug-likeness (QED) is 0.736. The summed E-state index contributed by atoms with van der Waals surface area (Å²) in [5, 5.41) is 3.22. The maximum Gasteiger partial charge on any atom is 0.227 e. The van der Waals surface area contributed by atoms with Gasteiger partial charge in [-0.25, -0.2) is 14.4 Å². The molecule has 6 nitrogen and oxygen atoms in total. The lowest BCUT2D eigenvalue weighted by molar-refractivity contribution is 0.612. The van der Waals surface area contributed by atoms with E-state index in [1.165, 1.54) is 6.07 Å². The second kappa shape index (κ2) is 8.21. The Morgan fingerprint density at radius 2 is 1.71 bits per heavy atom. The summed E-state index contributed by atoms with van der Waals surface area (Å²) in [6.45, 7) is 5.72. The van der Waals surface area contributed by atoms with Gasteiger partial charge in [0.1, 0.15) is 17.5 Å². The highest BCUT2D eigenvalue weighted by molar-refractivity contribution is 5.46. The SMILES string of the molecule is Cc1cc(NCc2ccccc2F)nc(N2CCN(c3ccccn3)CC2)n1. The standard InChI is InChI=1S/C21H23FN6/c1-16-14-19(24-15-17-6-2-3-7-18(17)22)26-21(25-16)28-12-10-27(11-13-28)20-8-4-5-9-23-20/h2-9,14H,10-13,15H2,1H3,(H,24,25,26). The zero-order valence-electron chi connectivity index (χ0n) is 15.8. The maximum absolute atomic E-state index is 13.8. The van der Waals surface area contributed by atoms with Gasteiger partial charge in [-0.2, -0.15) is 4.98 Å². The minimum Gasteiger partial charge on any atom is -0.366 e. The van der Waals surface area contributed by atoms with Gasteiger partial charge in [-0.1, -0.05) is 24.3 Å². The number of halogens is 1. The second-order valence-corrected chi connectivity index (χ2v) is 6.80. The van der Waals surface area contributed by atoms with E-state index in [-0.39, 0.29) is 5.82 Å². The molecule has 1 N–H and O–H groups in total. The zero-order chi connectivity index (χ0) is 19.3. The number of rotatable bonds is 5. The summed E-state index contributed by atoms with van der Waals surface area (Å²) in [6.07, 6.45) is 1.82. The summed E-state index contributed by atoms with van der Waals surface area (Å²) in [4.78, 5) is 18.1. The fourth-order valence-electron chi connectivity index (χ4n) is 3.29. The van der Waals surface area contributed by atoms with Crippen molar-refractivity contribution in [3.63, 3.8) is 0 Å². The first-order chi connectivity index (χ1) is 13.7. The van der Waals surface area contributed by atoms with E-state index in [1.807, 2.05) is 43.5 Å². The number of pyridine rings is 1. The molecule has 0 radical (unpaired) electrons. The smallest absolute Gasteiger partial charge is 0.227 e. The third-order valence-electron chi connectivity index (χ3n) is 4.80. The van der Waals surface area contributed by atoms with Crippen LogP contribution in [0.2, 0.25) is 0 Å². The molecule has 3 heterocycles. The van der Waals surface area contributed by atoms with E-state index in [4.69, 9.17) is 0 Å². The van der Waals surface area contributed by atoms with Crippen LogP contribution in [0.1, 0.15) is 11.3 Å². The van der Waals surface area contributed by atoms with Gasteiger partial charge in [0.25, 0.3) is 0 Å². The van der Waals surface area contributed by atoms with Gasteiger partial charge in [-0.3, -0.25) is 0 Å². The van der Waals surface area contributed by atoms with Crippen molar-refractivity contribution in [2.75, 3.05) is 41.3 Å². The number of nitrogens with one attached hydrogen (secondary N) is 1. The average molecular weight is 378 g/mol. The molecular formula is C21H23FN6. The lowest BCUT2D eigenvalue weighted by Gasteiger charge is -2.35. The van der Waals surface area contributed by atoms with E-state index >= 15 is 0 Å². The van der Waals surface area contributed by atoms with Gasteiger partial charge in [-0.05, 0) is 25.1 Å². The summed E-state index contributed by atoms with van der Waals surface area (Å²) in [6, 6.07) is 14.6. The van der Waals surface area contributed by atoms with Crippen molar-refractivity contribution in [2.45, 2.75) is 13.5 Å². The Kier molecular flexibility index (Phi) is 5.32. The van der Waals surface area contributed by atoms with E-state index in [1.54, 1.807) is 12.1 Å². The Balaban J connectivity index is 1.42. The van der Waals surface area contributed by atoms with Gasteiger partial charge >= 0.3 is 0 Å². The Morgan fingerprint density at radius 3 is 2.46 bits per heavy atom. The molecule has 1 aliphatic rings. The molecule has 0 atom stereocenters. The Morgan fingerprint density at radius 1 is 0.964 bits per heavy atom. The monoisotopic (exact) mass is 378 g/mol. The largest absolute Gasteiger partial charge is 0.366 e. The van der Waals surface area contributed by atoms with Crippen LogP contribution in [0.25, 0.3) is 0 Å². The third-order valence-corrected chi connectivity index (χ3v) is 4.80. The first kappa shape index (κ1) is 18.2. The number of piperazine rings is 1. The predicted molar refractivity (Wildman–Crippen MR) is 109 cm³/mol. The number of aryl methyl sites for hydroxylation is 1. The van der Waals surface area contributed by atoms with Crippen LogP contribution in [-0.2, 0) is 6.54 Å². The van der Waals surface area contributed by atoms with Crippen LogP contribution < -0.4 is 15.1 Å². The fraction of sp³-hybridized carbons (Fsp3) is 0.286. The molecular weight excluding hydrogens is 355 g/mol. The van der Waals surface area contributed by atoms with Gasteiger partial charge in [0, 0.05) is 56.2 Å². The first-order valence-corrected chi connectivity index (χ1v) is 9.43. The van der Waals surface area contributed by atoms with Crippen molar-refractivity contribution in [3.05, 3.63) is 71.8 Å². The molecule has 28 heavy (non-hydrogen) atoms. The molecule has 1 fully saturated rings. The molecule has 7 heteroatoms. The number of benzene rings is 1. The van der Waals surface area contributed by atoms with Crippen LogP contribution in [0.5, 0.6) is 0 Å². The Bertz CT molecular complexity index is 925. The highest BCUT2D eigenvalue weighted by atomic mass is 19.1. The molecule has 1 saturated heterocycles. The van der Waals surface area contributed by atoms with E-state index in [2.05, 4.69) is 30.1 Å². The molecule has 0 spiro atoms. The lowest BCUT2D eigenvalue weighted by atomic mass is 10.2. The number of hydrogen-bond acceptors (Lipinski definition) is 6. The van der Waals surface area contributed by atoms with E-state index < -0.39 is 0 Å². The first-order valence-electron chi connectivity index (χ1n) is 9.43. The number of anilines is 3. The van der Waals surface area contributed by atoms with E-state index in [0.29, 0.717) is 23.9 Å². The highest BCUT2D eigenvalue weighted by Gasteiger charge is 2.20. The van der Waals surface area contributed by atoms with Crippen LogP contribution >= 0.6 is 0 Å². The third kappa shape index (κ3) is 4.19. The number of nitrogens with zero attached hydrogens (tertiary/aromatic N) is 5. The van der Waals surface area contributed by atoms with Crippen molar-refractivity contribution >= 4 is 17.6 Å². The van der Waals surface area contributed by atoms with Crippen LogP contribution in [0.15, 0.2) is 54.7 Å². The minimum absolute atomic E-state index is 0.216. The Hall–Kier alpha value is -3.22. The van der Waals surface area contributed by atoms with E-state index in [9.17, 15) is 4.39 Å². The molecule has 0 unspecified atom stereocenters. The van der Waals surface area contributed by atoms with Crippen LogP contribution in [0.3, 0.4) is 0 Å². The summed E-state index contributed by atoms with van der Waals surface area (Å²) in [7, 11) is 0. The van der Waals surface area contributed by atoms with Gasteiger partial charge in [0.2, 0.25) is 5.95 Å². The second-order valence-electron chi connectivity index (χ2n) is 6.80. The molecule has 0 aliphatic carbocycles. The van der Waals surface area contributed by atoms with Crippen LogP contribution in [0, 0.1) is 12.7 Å². The van der Waals surface area contributed by atoms with Crippen LogP contribution in [-0.4, -0.2) is 41.1 Å². The average Bonchev–Trinajstić information content (AvgIpc) is 2.74. The highest BCUT2D eigenvalue weighted by Crippen LogP contribution is 2.19. The molecule has 0 bridgehead atoms. The maximum atomic E-state index is 13.8. The molecule has 0 saturated carbocycles. The molecule has 144 valence electrons. The molecule has 1 aromatic carbocycles.